The molecule has 0 aromatic carbocycles. The van der Waals surface area contributed by atoms with Gasteiger partial charge < -0.3 is 9.73 Å². The average Bonchev–Trinajstić information content (AvgIpc) is 3.18. The van der Waals surface area contributed by atoms with Gasteiger partial charge in [0.25, 0.3) is 0 Å². The van der Waals surface area contributed by atoms with Crippen LogP contribution in [-0.4, -0.2) is 35.1 Å². The van der Waals surface area contributed by atoms with E-state index in [9.17, 15) is 0 Å². The minimum atomic E-state index is 0.592. The zero-order valence-electron chi connectivity index (χ0n) is 12.7. The molecule has 1 N–H and O–H groups in total. The fraction of sp³-hybridized carbons (Fsp3) is 0.562. The number of nitrogens with one attached hydrogen (secondary N) is 1. The van der Waals surface area contributed by atoms with Gasteiger partial charge in [-0.3, -0.25) is 4.90 Å². The van der Waals surface area contributed by atoms with Crippen LogP contribution in [0.3, 0.4) is 0 Å². The number of hydrogen-bond donors (Lipinski definition) is 1. The van der Waals surface area contributed by atoms with Crippen LogP contribution in [0.4, 0.5) is 0 Å². The van der Waals surface area contributed by atoms with Crippen molar-refractivity contribution in [1.29, 1.82) is 0 Å². The fourth-order valence-electron chi connectivity index (χ4n) is 2.90. The lowest BCUT2D eigenvalue weighted by atomic mass is 10.1. The van der Waals surface area contributed by atoms with Crippen molar-refractivity contribution in [3.8, 4) is 10.8 Å². The van der Waals surface area contributed by atoms with Crippen molar-refractivity contribution in [1.82, 2.24) is 15.2 Å². The summed E-state index contributed by atoms with van der Waals surface area (Å²) in [5, 5.41) is 5.68. The smallest absolute Gasteiger partial charge is 0.236 e. The number of oxazole rings is 1. The highest BCUT2D eigenvalue weighted by atomic mass is 32.1. The Balaban J connectivity index is 1.69. The van der Waals surface area contributed by atoms with E-state index in [1.165, 1.54) is 12.8 Å². The molecular weight excluding hydrogens is 282 g/mol. The predicted octanol–water partition coefficient (Wildman–Crippen LogP) is 3.37. The molecule has 2 aromatic rings. The third-order valence-electron chi connectivity index (χ3n) is 4.23. The van der Waals surface area contributed by atoms with Crippen LogP contribution in [0, 0.1) is 0 Å². The summed E-state index contributed by atoms with van der Waals surface area (Å²) >= 11 is 1.66. The van der Waals surface area contributed by atoms with Gasteiger partial charge in [-0.2, -0.15) is 0 Å². The Morgan fingerprint density at radius 2 is 2.33 bits per heavy atom. The third-order valence-corrected chi connectivity index (χ3v) is 5.08. The van der Waals surface area contributed by atoms with Crippen molar-refractivity contribution in [3.05, 3.63) is 29.5 Å². The highest BCUT2D eigenvalue weighted by molar-refractivity contribution is 7.13. The van der Waals surface area contributed by atoms with Crippen molar-refractivity contribution in [3.63, 3.8) is 0 Å². The van der Waals surface area contributed by atoms with Crippen LogP contribution in [0.5, 0.6) is 0 Å². The van der Waals surface area contributed by atoms with Gasteiger partial charge >= 0.3 is 0 Å². The van der Waals surface area contributed by atoms with Gasteiger partial charge in [-0.1, -0.05) is 19.9 Å². The van der Waals surface area contributed by atoms with Crippen LogP contribution >= 0.6 is 11.3 Å². The van der Waals surface area contributed by atoms with E-state index in [-0.39, 0.29) is 0 Å². The van der Waals surface area contributed by atoms with Gasteiger partial charge in [-0.25, -0.2) is 4.98 Å². The quantitative estimate of drug-likeness (QED) is 0.919. The number of rotatable bonds is 5. The first-order valence-electron chi connectivity index (χ1n) is 7.75. The second-order valence-corrected chi connectivity index (χ2v) is 6.57. The molecule has 1 aliphatic heterocycles. The maximum atomic E-state index is 5.63. The lowest BCUT2D eigenvalue weighted by Gasteiger charge is -2.39. The van der Waals surface area contributed by atoms with E-state index < -0.39 is 0 Å². The Morgan fingerprint density at radius 1 is 1.43 bits per heavy atom. The SMILES string of the molecule is CCC1CN(Cc2coc(-c3cccs3)n2)C(CC)CN1. The highest BCUT2D eigenvalue weighted by Crippen LogP contribution is 2.24. The third kappa shape index (κ3) is 3.36. The molecule has 0 bridgehead atoms. The fourth-order valence-corrected chi connectivity index (χ4v) is 3.55. The highest BCUT2D eigenvalue weighted by Gasteiger charge is 2.26. The Bertz CT molecular complexity index is 552. The second kappa shape index (κ2) is 6.73. The molecule has 0 spiro atoms. The van der Waals surface area contributed by atoms with Crippen molar-refractivity contribution >= 4 is 11.3 Å². The molecule has 3 rings (SSSR count). The van der Waals surface area contributed by atoms with Crippen molar-refractivity contribution in [2.75, 3.05) is 13.1 Å². The summed E-state index contributed by atoms with van der Waals surface area (Å²) in [5.41, 5.74) is 1.04. The molecule has 21 heavy (non-hydrogen) atoms. The number of nitrogens with zero attached hydrogens (tertiary/aromatic N) is 2. The van der Waals surface area contributed by atoms with Gasteiger partial charge in [0.05, 0.1) is 10.6 Å². The zero-order chi connectivity index (χ0) is 14.7. The standard InChI is InChI=1S/C16H23N3OS/c1-3-12-9-19(14(4-2)8-17-12)10-13-11-20-16(18-13)15-6-5-7-21-15/h5-7,11-12,14,17H,3-4,8-10H2,1-2H3. The number of aromatic nitrogens is 1. The lowest BCUT2D eigenvalue weighted by molar-refractivity contribution is 0.116. The monoisotopic (exact) mass is 305 g/mol. The van der Waals surface area contributed by atoms with E-state index in [0.29, 0.717) is 12.1 Å². The summed E-state index contributed by atoms with van der Waals surface area (Å²) in [4.78, 5) is 8.29. The van der Waals surface area contributed by atoms with E-state index in [4.69, 9.17) is 4.42 Å². The molecule has 114 valence electrons. The molecule has 1 fully saturated rings. The van der Waals surface area contributed by atoms with Crippen LogP contribution in [0.1, 0.15) is 32.4 Å². The van der Waals surface area contributed by atoms with E-state index in [2.05, 4.69) is 34.4 Å². The van der Waals surface area contributed by atoms with Gasteiger partial charge in [0.15, 0.2) is 0 Å². The molecule has 0 amide bonds. The van der Waals surface area contributed by atoms with E-state index in [0.717, 1.165) is 36.1 Å². The van der Waals surface area contributed by atoms with E-state index in [1.54, 1.807) is 11.3 Å². The summed E-state index contributed by atoms with van der Waals surface area (Å²) in [6.07, 6.45) is 4.15. The molecule has 2 atom stereocenters. The lowest BCUT2D eigenvalue weighted by Crippen LogP contribution is -2.55. The first-order valence-corrected chi connectivity index (χ1v) is 8.63. The summed E-state index contributed by atoms with van der Waals surface area (Å²) in [6, 6.07) is 5.26. The minimum Gasteiger partial charge on any atom is -0.444 e. The first kappa shape index (κ1) is 14.8. The summed E-state index contributed by atoms with van der Waals surface area (Å²) in [7, 11) is 0. The van der Waals surface area contributed by atoms with Crippen LogP contribution in [0.25, 0.3) is 10.8 Å². The Kier molecular flexibility index (Phi) is 4.73. The van der Waals surface area contributed by atoms with Gasteiger partial charge in [-0.05, 0) is 24.3 Å². The predicted molar refractivity (Wildman–Crippen MR) is 86.4 cm³/mol. The van der Waals surface area contributed by atoms with Crippen LogP contribution in [-0.2, 0) is 6.54 Å². The molecule has 3 heterocycles. The Labute approximate surface area is 130 Å². The molecule has 1 aliphatic rings. The molecule has 0 radical (unpaired) electrons. The molecule has 2 unspecified atom stereocenters. The van der Waals surface area contributed by atoms with Crippen molar-refractivity contribution in [2.45, 2.75) is 45.3 Å². The number of piperazine rings is 1. The summed E-state index contributed by atoms with van der Waals surface area (Å²) < 4.78 is 5.63. The maximum Gasteiger partial charge on any atom is 0.236 e. The topological polar surface area (TPSA) is 41.3 Å². The normalized spacial score (nSPS) is 23.5. The maximum absolute atomic E-state index is 5.63. The zero-order valence-corrected chi connectivity index (χ0v) is 13.5. The Morgan fingerprint density at radius 3 is 3.05 bits per heavy atom. The van der Waals surface area contributed by atoms with E-state index in [1.807, 2.05) is 18.4 Å². The summed E-state index contributed by atoms with van der Waals surface area (Å²) in [5.74, 6) is 0.746. The van der Waals surface area contributed by atoms with Gasteiger partial charge in [0, 0.05) is 31.7 Å². The molecule has 0 aliphatic carbocycles. The van der Waals surface area contributed by atoms with Gasteiger partial charge in [0.2, 0.25) is 5.89 Å². The van der Waals surface area contributed by atoms with Gasteiger partial charge in [-0.15, -0.1) is 11.3 Å². The summed E-state index contributed by atoms with van der Waals surface area (Å²) in [6.45, 7) is 7.55. The van der Waals surface area contributed by atoms with E-state index >= 15 is 0 Å². The molecule has 4 nitrogen and oxygen atoms in total. The largest absolute Gasteiger partial charge is 0.444 e. The van der Waals surface area contributed by atoms with Crippen molar-refractivity contribution < 1.29 is 4.42 Å². The molecule has 1 saturated heterocycles. The average molecular weight is 305 g/mol. The van der Waals surface area contributed by atoms with Gasteiger partial charge in [0.1, 0.15) is 6.26 Å². The van der Waals surface area contributed by atoms with Crippen LogP contribution < -0.4 is 5.32 Å². The molecule has 0 saturated carbocycles. The molecular formula is C16H23N3OS. The van der Waals surface area contributed by atoms with Crippen LogP contribution in [0.15, 0.2) is 28.2 Å². The van der Waals surface area contributed by atoms with Crippen molar-refractivity contribution in [2.24, 2.45) is 0 Å². The molecule has 5 heteroatoms. The molecule has 2 aromatic heterocycles. The first-order chi connectivity index (χ1) is 10.3. The second-order valence-electron chi connectivity index (χ2n) is 5.63. The Hall–Kier alpha value is -1.17. The number of thiophene rings is 1. The minimum absolute atomic E-state index is 0.592. The van der Waals surface area contributed by atoms with Crippen LogP contribution in [0.2, 0.25) is 0 Å². The number of hydrogen-bond acceptors (Lipinski definition) is 5.